The molecule has 4 aromatic rings. The number of benzene rings is 4. The molecule has 0 radical (unpaired) electrons. The van der Waals surface area contributed by atoms with E-state index in [9.17, 15) is 0 Å². The minimum Gasteiger partial charge on any atom is -1.00 e. The topological polar surface area (TPSA) is 0 Å². The van der Waals surface area contributed by atoms with Crippen molar-refractivity contribution in [3.05, 3.63) is 165 Å². The molecule has 0 saturated heterocycles. The fraction of sp³-hybridized carbons (Fsp3) is 0.175. The van der Waals surface area contributed by atoms with E-state index >= 15 is 0 Å². The monoisotopic (exact) mass is 746 g/mol. The Labute approximate surface area is 307 Å². The molecule has 0 nitrogen and oxygen atoms in total. The summed E-state index contributed by atoms with van der Waals surface area (Å²) in [5, 5.41) is 1.53. The predicted molar refractivity (Wildman–Crippen MR) is 184 cm³/mol. The molecular weight excluding hydrogens is 713 g/mol. The van der Waals surface area contributed by atoms with Crippen LogP contribution in [0.1, 0.15) is 61.1 Å². The van der Waals surface area contributed by atoms with Crippen molar-refractivity contribution in [2.24, 2.45) is 11.3 Å². The van der Waals surface area contributed by atoms with Crippen molar-refractivity contribution in [2.45, 2.75) is 34.1 Å². The van der Waals surface area contributed by atoms with Gasteiger partial charge >= 0.3 is 120 Å². The summed E-state index contributed by atoms with van der Waals surface area (Å²) in [5.74, 6) is 0.522. The van der Waals surface area contributed by atoms with Gasteiger partial charge in [0.1, 0.15) is 0 Å². The summed E-state index contributed by atoms with van der Waals surface area (Å²) in [6.07, 6.45) is 12.4. The summed E-state index contributed by atoms with van der Waals surface area (Å²) in [7, 11) is 0. The largest absolute Gasteiger partial charge is 1.00 e. The number of hydrogen-bond acceptors (Lipinski definition) is 0. The van der Waals surface area contributed by atoms with Crippen LogP contribution in [0.2, 0.25) is 10.0 Å². The maximum absolute atomic E-state index is 5.98. The van der Waals surface area contributed by atoms with Gasteiger partial charge in [-0.05, 0) is 12.0 Å². The third-order valence-electron chi connectivity index (χ3n) is 7.34. The van der Waals surface area contributed by atoms with E-state index in [0.717, 1.165) is 33.2 Å². The Hall–Kier alpha value is -2.25. The third-order valence-corrected chi connectivity index (χ3v) is 9.23. The number of fused-ring (bicyclic) bond motifs is 3. The van der Waals surface area contributed by atoms with Gasteiger partial charge < -0.3 is 24.8 Å². The van der Waals surface area contributed by atoms with Crippen LogP contribution in [0, 0.1) is 23.5 Å². The van der Waals surface area contributed by atoms with Crippen molar-refractivity contribution < 1.29 is 49.0 Å². The molecule has 0 heterocycles. The second kappa shape index (κ2) is 17.6. The number of hydrogen-bond donors (Lipinski definition) is 0. The molecule has 5 heteroatoms. The van der Waals surface area contributed by atoms with Crippen LogP contribution in [0.15, 0.2) is 110 Å². The van der Waals surface area contributed by atoms with Crippen LogP contribution < -0.4 is 24.8 Å². The van der Waals surface area contributed by atoms with Gasteiger partial charge in [0.25, 0.3) is 0 Å². The van der Waals surface area contributed by atoms with Crippen molar-refractivity contribution in [1.29, 1.82) is 0 Å². The van der Waals surface area contributed by atoms with Crippen LogP contribution in [0.5, 0.6) is 0 Å². The van der Waals surface area contributed by atoms with Crippen molar-refractivity contribution >= 4 is 38.6 Å². The summed E-state index contributed by atoms with van der Waals surface area (Å²) < 4.78 is 1.26. The Kier molecular flexibility index (Phi) is 15.2. The minimum absolute atomic E-state index is 0. The third kappa shape index (κ3) is 10.6. The van der Waals surface area contributed by atoms with Crippen LogP contribution in [0.25, 0.3) is 23.3 Å². The SMILES string of the molecule is C=Cc1c[c-]c2c(c1)-c1cc(C=C)ccc1C2.CC1[C-]=CC(C(C)(C)C)=C1.Clc1cccc([C](=[Zr+2])c2cccc(Cl)c2)c1.[Cl-].[Cl-]. The minimum atomic E-state index is 0. The average molecular weight is 750 g/mol. The van der Waals surface area contributed by atoms with E-state index in [1.807, 2.05) is 54.6 Å². The molecule has 2 aliphatic carbocycles. The van der Waals surface area contributed by atoms with Crippen LogP contribution in [-0.4, -0.2) is 3.21 Å². The molecule has 1 atom stereocenters. The van der Waals surface area contributed by atoms with E-state index in [2.05, 4.69) is 102 Å². The molecule has 0 aromatic heterocycles. The van der Waals surface area contributed by atoms with Gasteiger partial charge in [0.05, 0.1) is 0 Å². The van der Waals surface area contributed by atoms with Gasteiger partial charge in [-0.25, -0.2) is 6.08 Å². The Bertz CT molecular complexity index is 1620. The van der Waals surface area contributed by atoms with E-state index in [-0.39, 0.29) is 24.8 Å². The van der Waals surface area contributed by atoms with Gasteiger partial charge in [-0.2, -0.15) is 35.4 Å². The van der Waals surface area contributed by atoms with Gasteiger partial charge in [0.15, 0.2) is 0 Å². The van der Waals surface area contributed by atoms with Crippen molar-refractivity contribution in [2.75, 3.05) is 0 Å². The Morgan fingerprint density at radius 2 is 1.42 bits per heavy atom. The molecule has 0 saturated carbocycles. The van der Waals surface area contributed by atoms with Crippen LogP contribution >= 0.6 is 23.2 Å². The molecule has 0 aliphatic heterocycles. The predicted octanol–water partition coefficient (Wildman–Crippen LogP) is 5.43. The van der Waals surface area contributed by atoms with Gasteiger partial charge in [-0.3, -0.25) is 6.08 Å². The summed E-state index contributed by atoms with van der Waals surface area (Å²) >= 11 is 13.3. The fourth-order valence-corrected chi connectivity index (χ4v) is 6.02. The van der Waals surface area contributed by atoms with E-state index in [1.54, 1.807) is 0 Å². The summed E-state index contributed by atoms with van der Waals surface area (Å²) in [6.45, 7) is 16.5. The number of halogens is 4. The molecule has 0 bridgehead atoms. The standard InChI is InChI=1S/C17H13.C13H8Cl2.C10H15.2ClH.Zr/c1-3-12-5-7-14-11-15-8-6-13(4-2)10-17(15)16(14)9-12;14-12-5-1-3-10(8-12)7-11-4-2-6-13(15)9-11;1-8-5-6-9(7-8)10(2,3)4;;;/h3-7,9-10H,1-2,11H2;1-6,8-9H;6-8H,1-4H3;2*1H;/q-1;;-1;;;+2/p-2. The van der Waals surface area contributed by atoms with Crippen LogP contribution in [-0.2, 0) is 30.7 Å². The first-order valence-corrected chi connectivity index (χ1v) is 16.3. The molecule has 6 rings (SSSR count). The average Bonchev–Trinajstić information content (AvgIpc) is 3.60. The fourth-order valence-electron chi connectivity index (χ4n) is 4.87. The zero-order valence-electron chi connectivity index (χ0n) is 26.0. The van der Waals surface area contributed by atoms with Crippen LogP contribution in [0.4, 0.5) is 0 Å². The van der Waals surface area contributed by atoms with Crippen LogP contribution in [0.3, 0.4) is 0 Å². The molecular formula is C40H36Cl4Zr-2. The van der Waals surface area contributed by atoms with Crippen molar-refractivity contribution in [3.8, 4) is 11.1 Å². The molecule has 45 heavy (non-hydrogen) atoms. The van der Waals surface area contributed by atoms with Gasteiger partial charge in [-0.15, -0.1) is 23.8 Å². The first-order chi connectivity index (χ1) is 20.5. The molecule has 1 unspecified atom stereocenters. The summed E-state index contributed by atoms with van der Waals surface area (Å²) in [5.41, 5.74) is 11.6. The number of allylic oxidation sites excluding steroid dienone is 4. The Morgan fingerprint density at radius 1 is 0.844 bits per heavy atom. The normalized spacial score (nSPS) is 13.7. The maximum Gasteiger partial charge on any atom is -1.00 e. The molecule has 2 aliphatic rings. The maximum atomic E-state index is 5.98. The van der Waals surface area contributed by atoms with E-state index < -0.39 is 0 Å². The molecule has 0 spiro atoms. The Morgan fingerprint density at radius 3 is 1.89 bits per heavy atom. The van der Waals surface area contributed by atoms with Crippen molar-refractivity contribution in [3.63, 3.8) is 0 Å². The van der Waals surface area contributed by atoms with Crippen molar-refractivity contribution in [1.82, 2.24) is 0 Å². The molecule has 4 aromatic carbocycles. The van der Waals surface area contributed by atoms with Gasteiger partial charge in [0, 0.05) is 0 Å². The summed E-state index contributed by atoms with van der Waals surface area (Å²) in [6, 6.07) is 29.8. The quantitative estimate of drug-likeness (QED) is 0.215. The van der Waals surface area contributed by atoms with E-state index in [4.69, 9.17) is 23.2 Å². The molecule has 0 fully saturated rings. The van der Waals surface area contributed by atoms with Gasteiger partial charge in [-0.1, -0.05) is 81.0 Å². The summed E-state index contributed by atoms with van der Waals surface area (Å²) in [4.78, 5) is 0. The van der Waals surface area contributed by atoms with E-state index in [1.165, 1.54) is 60.8 Å². The molecule has 0 amide bonds. The second-order valence-corrected chi connectivity index (χ2v) is 13.8. The van der Waals surface area contributed by atoms with Gasteiger partial charge in [0.2, 0.25) is 0 Å². The first kappa shape index (κ1) is 38.9. The zero-order chi connectivity index (χ0) is 31.1. The Balaban J connectivity index is 0.000000238. The smallest absolute Gasteiger partial charge is 1.00 e. The molecule has 0 N–H and O–H groups in total. The van der Waals surface area contributed by atoms with E-state index in [0.29, 0.717) is 11.3 Å². The second-order valence-electron chi connectivity index (χ2n) is 11.7. The zero-order valence-corrected chi connectivity index (χ0v) is 31.5. The molecule has 230 valence electrons. The first-order valence-electron chi connectivity index (χ1n) is 14.3. The number of rotatable bonds is 4.